The van der Waals surface area contributed by atoms with Gasteiger partial charge in [0.1, 0.15) is 11.9 Å². The van der Waals surface area contributed by atoms with Crippen LogP contribution in [0.15, 0.2) is 66.7 Å². The number of alkyl halides is 2. The van der Waals surface area contributed by atoms with E-state index in [1.807, 2.05) is 0 Å². The van der Waals surface area contributed by atoms with E-state index in [-0.39, 0.29) is 22.6 Å². The molecule has 0 bridgehead atoms. The molecule has 0 amide bonds. The Hall–Kier alpha value is -2.99. The highest BCUT2D eigenvalue weighted by Gasteiger charge is 2.31. The molecule has 5 rings (SSSR count). The molecule has 0 N–H and O–H groups in total. The zero-order valence-electron chi connectivity index (χ0n) is 19.0. The predicted molar refractivity (Wildman–Crippen MR) is 125 cm³/mol. The maximum Gasteiger partial charge on any atom is 0.291 e. The van der Waals surface area contributed by atoms with Gasteiger partial charge in [0.15, 0.2) is 11.6 Å². The van der Waals surface area contributed by atoms with Crippen molar-refractivity contribution in [2.75, 3.05) is 6.61 Å². The molecule has 3 aromatic carbocycles. The van der Waals surface area contributed by atoms with Crippen LogP contribution in [0.25, 0.3) is 22.3 Å². The third-order valence-electron chi connectivity index (χ3n) is 6.88. The normalized spacial score (nSPS) is 18.8. The van der Waals surface area contributed by atoms with Gasteiger partial charge in [-0.1, -0.05) is 73.9 Å². The average molecular weight is 485 g/mol. The second-order valence-corrected chi connectivity index (χ2v) is 9.30. The first-order valence-electron chi connectivity index (χ1n) is 11.9. The maximum absolute atomic E-state index is 14.8. The van der Waals surface area contributed by atoms with E-state index < -0.39 is 35.0 Å². The molecule has 1 heterocycles. The lowest BCUT2D eigenvalue weighted by atomic mass is 9.88. The standard InChI is InChI=1S/C29H25F5O/c30-25-16-21(29(33,34)15-14-18-4-2-1-3-5-18)10-11-22(25)19-6-8-20(9-7-19)23-12-13-24(26-17-35-26)28(32)27(23)31/h6-16,18,26H,1-5,17H2/b15-14+. The fourth-order valence-corrected chi connectivity index (χ4v) is 4.73. The fourth-order valence-electron chi connectivity index (χ4n) is 4.73. The van der Waals surface area contributed by atoms with Gasteiger partial charge in [-0.25, -0.2) is 13.2 Å². The molecule has 1 atom stereocenters. The fraction of sp³-hybridized carbons (Fsp3) is 0.310. The van der Waals surface area contributed by atoms with Crippen LogP contribution < -0.4 is 0 Å². The van der Waals surface area contributed by atoms with Crippen molar-refractivity contribution in [3.8, 4) is 22.3 Å². The SMILES string of the molecule is Fc1cc(C(F)(F)/C=C/C2CCCCC2)ccc1-c1ccc(-c2ccc(C3CO3)c(F)c2F)cc1. The number of halogens is 5. The van der Waals surface area contributed by atoms with Gasteiger partial charge in [-0.3, -0.25) is 0 Å². The summed E-state index contributed by atoms with van der Waals surface area (Å²) in [6, 6.07) is 12.6. The number of hydrogen-bond donors (Lipinski definition) is 0. The van der Waals surface area contributed by atoms with E-state index in [4.69, 9.17) is 4.74 Å². The van der Waals surface area contributed by atoms with Crippen molar-refractivity contribution in [3.05, 3.63) is 95.3 Å². The Labute approximate surface area is 201 Å². The molecule has 3 aromatic rings. The van der Waals surface area contributed by atoms with Crippen LogP contribution in [-0.4, -0.2) is 6.61 Å². The number of epoxide rings is 1. The van der Waals surface area contributed by atoms with Crippen molar-refractivity contribution >= 4 is 0 Å². The molecule has 1 aliphatic carbocycles. The third kappa shape index (κ3) is 5.03. The summed E-state index contributed by atoms with van der Waals surface area (Å²) in [5.41, 5.74) is 0.890. The summed E-state index contributed by atoms with van der Waals surface area (Å²) >= 11 is 0. The van der Waals surface area contributed by atoms with E-state index in [9.17, 15) is 22.0 Å². The monoisotopic (exact) mass is 484 g/mol. The predicted octanol–water partition coefficient (Wildman–Crippen LogP) is 8.74. The highest BCUT2D eigenvalue weighted by molar-refractivity contribution is 5.71. The lowest BCUT2D eigenvalue weighted by Crippen LogP contribution is -2.12. The third-order valence-corrected chi connectivity index (χ3v) is 6.88. The van der Waals surface area contributed by atoms with E-state index in [1.165, 1.54) is 24.3 Å². The van der Waals surface area contributed by atoms with Crippen molar-refractivity contribution in [1.82, 2.24) is 0 Å². The highest BCUT2D eigenvalue weighted by Crippen LogP contribution is 2.37. The van der Waals surface area contributed by atoms with Gasteiger partial charge in [0.05, 0.1) is 6.61 Å². The van der Waals surface area contributed by atoms with Crippen LogP contribution in [0.3, 0.4) is 0 Å². The Morgan fingerprint density at radius 3 is 2.03 bits per heavy atom. The van der Waals surface area contributed by atoms with Crippen LogP contribution in [0.4, 0.5) is 22.0 Å². The molecule has 0 aromatic heterocycles. The molecule has 182 valence electrons. The molecule has 35 heavy (non-hydrogen) atoms. The zero-order valence-corrected chi connectivity index (χ0v) is 19.0. The molecule has 2 fully saturated rings. The van der Waals surface area contributed by atoms with E-state index in [1.54, 1.807) is 30.3 Å². The second-order valence-electron chi connectivity index (χ2n) is 9.30. The minimum absolute atomic E-state index is 0.0821. The van der Waals surface area contributed by atoms with Gasteiger partial charge in [-0.05, 0) is 42.0 Å². The average Bonchev–Trinajstić information content (AvgIpc) is 3.71. The molecule has 1 unspecified atom stereocenters. The molecule has 0 radical (unpaired) electrons. The quantitative estimate of drug-likeness (QED) is 0.194. The first-order chi connectivity index (χ1) is 16.8. The van der Waals surface area contributed by atoms with E-state index in [0.29, 0.717) is 17.7 Å². The van der Waals surface area contributed by atoms with Crippen molar-refractivity contribution in [3.63, 3.8) is 0 Å². The lowest BCUT2D eigenvalue weighted by Gasteiger charge is -2.19. The summed E-state index contributed by atoms with van der Waals surface area (Å²) in [4.78, 5) is 0. The minimum Gasteiger partial charge on any atom is -0.368 e. The maximum atomic E-state index is 14.8. The molecular weight excluding hydrogens is 459 g/mol. The van der Waals surface area contributed by atoms with Crippen molar-refractivity contribution < 1.29 is 26.7 Å². The van der Waals surface area contributed by atoms with Gasteiger partial charge in [0.25, 0.3) is 5.92 Å². The molecule has 1 nitrogen and oxygen atoms in total. The highest BCUT2D eigenvalue weighted by atomic mass is 19.3. The van der Waals surface area contributed by atoms with Gasteiger partial charge in [-0.15, -0.1) is 0 Å². The molecular formula is C29H25F5O. The zero-order chi connectivity index (χ0) is 24.6. The van der Waals surface area contributed by atoms with Crippen molar-refractivity contribution in [1.29, 1.82) is 0 Å². The number of allylic oxidation sites excluding steroid dienone is 2. The largest absolute Gasteiger partial charge is 0.368 e. The van der Waals surface area contributed by atoms with Gasteiger partial charge in [0, 0.05) is 22.3 Å². The molecule has 0 spiro atoms. The van der Waals surface area contributed by atoms with Crippen LogP contribution in [0, 0.1) is 23.4 Å². The van der Waals surface area contributed by atoms with Crippen molar-refractivity contribution in [2.45, 2.75) is 44.1 Å². The molecule has 2 aliphatic rings. The van der Waals surface area contributed by atoms with Crippen molar-refractivity contribution in [2.24, 2.45) is 5.92 Å². The Morgan fingerprint density at radius 2 is 1.40 bits per heavy atom. The van der Waals surface area contributed by atoms with E-state index in [2.05, 4.69) is 0 Å². The van der Waals surface area contributed by atoms with Gasteiger partial charge in [-0.2, -0.15) is 8.78 Å². The second kappa shape index (κ2) is 9.57. The molecule has 1 saturated heterocycles. The molecule has 1 saturated carbocycles. The Kier molecular flexibility index (Phi) is 6.49. The summed E-state index contributed by atoms with van der Waals surface area (Å²) in [6.45, 7) is 0.373. The summed E-state index contributed by atoms with van der Waals surface area (Å²) in [5.74, 6) is -5.79. The topological polar surface area (TPSA) is 12.5 Å². The summed E-state index contributed by atoms with van der Waals surface area (Å²) in [5, 5.41) is 0. The number of ether oxygens (including phenoxy) is 1. The van der Waals surface area contributed by atoms with Gasteiger partial charge < -0.3 is 4.74 Å². The summed E-state index contributed by atoms with van der Waals surface area (Å²) < 4.78 is 78.2. The van der Waals surface area contributed by atoms with Crippen LogP contribution in [-0.2, 0) is 10.7 Å². The van der Waals surface area contributed by atoms with Crippen LogP contribution in [0.5, 0.6) is 0 Å². The van der Waals surface area contributed by atoms with Gasteiger partial charge in [0.2, 0.25) is 0 Å². The van der Waals surface area contributed by atoms with Crippen LogP contribution >= 0.6 is 0 Å². The molecule has 1 aliphatic heterocycles. The minimum atomic E-state index is -3.26. The Balaban J connectivity index is 1.35. The lowest BCUT2D eigenvalue weighted by molar-refractivity contribution is 0.0509. The summed E-state index contributed by atoms with van der Waals surface area (Å²) in [6.07, 6.45) is 7.10. The van der Waals surface area contributed by atoms with Gasteiger partial charge >= 0.3 is 0 Å². The smallest absolute Gasteiger partial charge is 0.291 e. The van der Waals surface area contributed by atoms with E-state index >= 15 is 0 Å². The Morgan fingerprint density at radius 1 is 0.771 bits per heavy atom. The summed E-state index contributed by atoms with van der Waals surface area (Å²) in [7, 11) is 0. The number of rotatable bonds is 6. The number of benzene rings is 3. The first kappa shape index (κ1) is 23.7. The van der Waals surface area contributed by atoms with Crippen LogP contribution in [0.2, 0.25) is 0 Å². The van der Waals surface area contributed by atoms with E-state index in [0.717, 1.165) is 44.2 Å². The first-order valence-corrected chi connectivity index (χ1v) is 11.9. The number of hydrogen-bond acceptors (Lipinski definition) is 1. The Bertz CT molecular complexity index is 1240. The van der Waals surface area contributed by atoms with Crippen LogP contribution in [0.1, 0.15) is 49.3 Å². The molecule has 6 heteroatoms.